The predicted molar refractivity (Wildman–Crippen MR) is 65.6 cm³/mol. The normalized spacial score (nSPS) is 10.5. The Kier molecular flexibility index (Phi) is 2.93. The number of hydrazine groups is 1. The van der Waals surface area contributed by atoms with E-state index in [1.165, 1.54) is 6.20 Å². The maximum absolute atomic E-state index is 12.1. The number of para-hydroxylation sites is 1. The Labute approximate surface area is 97.6 Å². The van der Waals surface area contributed by atoms with Crippen LogP contribution in [0.5, 0.6) is 0 Å². The molecule has 0 radical (unpaired) electrons. The molecule has 2 aromatic rings. The Morgan fingerprint density at radius 1 is 1.47 bits per heavy atom. The molecule has 0 bridgehead atoms. The monoisotopic (exact) mass is 231 g/mol. The number of pyridine rings is 1. The van der Waals surface area contributed by atoms with E-state index in [9.17, 15) is 9.59 Å². The Morgan fingerprint density at radius 3 is 2.88 bits per heavy atom. The fraction of sp³-hybridized carbons (Fsp3) is 0.167. The standard InChI is InChI=1S/C12H13N3O2/c1-2-7-4-3-5-8-10(7)14-6-9(11(8)16)12(17)15-13/h3-6H,2,13H2,1H3,(H,14,16)(H,15,17). The number of carbonyl (C=O) groups is 1. The van der Waals surface area contributed by atoms with E-state index in [4.69, 9.17) is 5.84 Å². The van der Waals surface area contributed by atoms with Gasteiger partial charge in [0.15, 0.2) is 0 Å². The molecule has 0 unspecified atom stereocenters. The molecule has 5 heteroatoms. The molecule has 0 aliphatic carbocycles. The summed E-state index contributed by atoms with van der Waals surface area (Å²) in [5.74, 6) is 4.43. The lowest BCUT2D eigenvalue weighted by atomic mass is 10.1. The van der Waals surface area contributed by atoms with Gasteiger partial charge in [-0.1, -0.05) is 19.1 Å². The van der Waals surface area contributed by atoms with Gasteiger partial charge in [0, 0.05) is 11.6 Å². The average Bonchev–Trinajstić information content (AvgIpc) is 2.38. The first-order valence-electron chi connectivity index (χ1n) is 5.33. The minimum absolute atomic E-state index is 0.0215. The van der Waals surface area contributed by atoms with E-state index >= 15 is 0 Å². The number of H-pyrrole nitrogens is 1. The molecule has 1 aromatic heterocycles. The Balaban J connectivity index is 2.78. The molecule has 1 aromatic carbocycles. The van der Waals surface area contributed by atoms with Gasteiger partial charge in [0.1, 0.15) is 5.56 Å². The zero-order chi connectivity index (χ0) is 12.4. The van der Waals surface area contributed by atoms with Crippen LogP contribution in [0.15, 0.2) is 29.2 Å². The summed E-state index contributed by atoms with van der Waals surface area (Å²) in [5, 5.41) is 0.505. The van der Waals surface area contributed by atoms with E-state index in [0.717, 1.165) is 17.5 Å². The topological polar surface area (TPSA) is 88.0 Å². The van der Waals surface area contributed by atoms with Crippen LogP contribution in [0.3, 0.4) is 0 Å². The largest absolute Gasteiger partial charge is 0.360 e. The van der Waals surface area contributed by atoms with E-state index in [1.54, 1.807) is 12.1 Å². The number of aryl methyl sites for hydroxylation is 1. The minimum atomic E-state index is -0.588. The Bertz CT molecular complexity index is 631. The predicted octanol–water partition coefficient (Wildman–Crippen LogP) is 0.694. The van der Waals surface area contributed by atoms with Crippen LogP contribution >= 0.6 is 0 Å². The summed E-state index contributed by atoms with van der Waals surface area (Å²) < 4.78 is 0. The highest BCUT2D eigenvalue weighted by molar-refractivity contribution is 5.97. The van der Waals surface area contributed by atoms with Crippen molar-refractivity contribution in [2.75, 3.05) is 0 Å². The number of fused-ring (bicyclic) bond motifs is 1. The van der Waals surface area contributed by atoms with Crippen molar-refractivity contribution in [2.45, 2.75) is 13.3 Å². The van der Waals surface area contributed by atoms with Gasteiger partial charge < -0.3 is 4.98 Å². The average molecular weight is 231 g/mol. The second-order valence-electron chi connectivity index (χ2n) is 3.70. The van der Waals surface area contributed by atoms with Gasteiger partial charge in [0.25, 0.3) is 5.91 Å². The number of aromatic nitrogens is 1. The van der Waals surface area contributed by atoms with Crippen molar-refractivity contribution in [1.82, 2.24) is 10.4 Å². The maximum atomic E-state index is 12.1. The highest BCUT2D eigenvalue weighted by Crippen LogP contribution is 2.14. The highest BCUT2D eigenvalue weighted by atomic mass is 16.2. The zero-order valence-corrected chi connectivity index (χ0v) is 9.41. The molecule has 0 atom stereocenters. The molecule has 0 spiro atoms. The van der Waals surface area contributed by atoms with E-state index < -0.39 is 5.91 Å². The Morgan fingerprint density at radius 2 is 2.24 bits per heavy atom. The minimum Gasteiger partial charge on any atom is -0.360 e. The molecular formula is C12H13N3O2. The van der Waals surface area contributed by atoms with Crippen LogP contribution in [0.2, 0.25) is 0 Å². The van der Waals surface area contributed by atoms with Crippen molar-refractivity contribution in [3.63, 3.8) is 0 Å². The summed E-state index contributed by atoms with van der Waals surface area (Å²) in [7, 11) is 0. The zero-order valence-electron chi connectivity index (χ0n) is 9.41. The molecule has 17 heavy (non-hydrogen) atoms. The quantitative estimate of drug-likeness (QED) is 0.403. The molecule has 1 amide bonds. The molecule has 1 heterocycles. The number of amides is 1. The highest BCUT2D eigenvalue weighted by Gasteiger charge is 2.12. The van der Waals surface area contributed by atoms with Crippen LogP contribution < -0.4 is 16.7 Å². The molecule has 4 N–H and O–H groups in total. The number of rotatable bonds is 2. The number of nitrogen functional groups attached to an aromatic ring is 1. The summed E-state index contributed by atoms with van der Waals surface area (Å²) in [6, 6.07) is 5.45. The summed E-state index contributed by atoms with van der Waals surface area (Å²) >= 11 is 0. The van der Waals surface area contributed by atoms with Gasteiger partial charge >= 0.3 is 0 Å². The van der Waals surface area contributed by atoms with Gasteiger partial charge in [-0.25, -0.2) is 5.84 Å². The summed E-state index contributed by atoms with van der Waals surface area (Å²) in [4.78, 5) is 26.4. The lowest BCUT2D eigenvalue weighted by Gasteiger charge is -2.05. The molecular weight excluding hydrogens is 218 g/mol. The number of benzene rings is 1. The van der Waals surface area contributed by atoms with Crippen LogP contribution in [0.4, 0.5) is 0 Å². The van der Waals surface area contributed by atoms with E-state index in [0.29, 0.717) is 5.39 Å². The molecule has 0 saturated carbocycles. The van der Waals surface area contributed by atoms with Gasteiger partial charge in [-0.05, 0) is 18.1 Å². The van der Waals surface area contributed by atoms with Crippen LogP contribution in [0, 0.1) is 0 Å². The Hall–Kier alpha value is -2.14. The van der Waals surface area contributed by atoms with Crippen molar-refractivity contribution in [2.24, 2.45) is 5.84 Å². The van der Waals surface area contributed by atoms with E-state index in [1.807, 2.05) is 18.4 Å². The van der Waals surface area contributed by atoms with Crippen molar-refractivity contribution < 1.29 is 4.79 Å². The maximum Gasteiger partial charge on any atom is 0.270 e. The molecule has 0 fully saturated rings. The van der Waals surface area contributed by atoms with Gasteiger partial charge in [-0.15, -0.1) is 0 Å². The van der Waals surface area contributed by atoms with Gasteiger partial charge in [0.05, 0.1) is 5.52 Å². The molecule has 2 rings (SSSR count). The molecule has 5 nitrogen and oxygen atoms in total. The van der Waals surface area contributed by atoms with Crippen LogP contribution in [-0.2, 0) is 6.42 Å². The van der Waals surface area contributed by atoms with Crippen molar-refractivity contribution in [1.29, 1.82) is 0 Å². The fourth-order valence-corrected chi connectivity index (χ4v) is 1.86. The summed E-state index contributed by atoms with van der Waals surface area (Å²) in [5.41, 5.74) is 3.48. The SMILES string of the molecule is CCc1cccc2c(=O)c(C(=O)NN)c[nH]c12. The first-order valence-corrected chi connectivity index (χ1v) is 5.33. The van der Waals surface area contributed by atoms with Crippen LogP contribution in [0.25, 0.3) is 10.9 Å². The third-order valence-electron chi connectivity index (χ3n) is 2.76. The number of hydrogen-bond acceptors (Lipinski definition) is 3. The number of aromatic amines is 1. The molecule has 0 aliphatic heterocycles. The second-order valence-corrected chi connectivity index (χ2v) is 3.70. The third kappa shape index (κ3) is 1.81. The van der Waals surface area contributed by atoms with E-state index in [2.05, 4.69) is 4.98 Å². The van der Waals surface area contributed by atoms with Gasteiger partial charge in [0.2, 0.25) is 5.43 Å². The van der Waals surface area contributed by atoms with Crippen molar-refractivity contribution >= 4 is 16.8 Å². The second kappa shape index (κ2) is 4.39. The van der Waals surface area contributed by atoms with Crippen LogP contribution in [0.1, 0.15) is 22.8 Å². The lowest BCUT2D eigenvalue weighted by Crippen LogP contribution is -2.33. The summed E-state index contributed by atoms with van der Waals surface area (Å²) in [6.45, 7) is 2.01. The number of nitrogens with two attached hydrogens (primary N) is 1. The third-order valence-corrected chi connectivity index (χ3v) is 2.76. The van der Waals surface area contributed by atoms with Crippen LogP contribution in [-0.4, -0.2) is 10.9 Å². The smallest absolute Gasteiger partial charge is 0.270 e. The molecule has 88 valence electrons. The van der Waals surface area contributed by atoms with Gasteiger partial charge in [-0.2, -0.15) is 0 Å². The molecule has 0 saturated heterocycles. The molecule has 0 aliphatic rings. The lowest BCUT2D eigenvalue weighted by molar-refractivity contribution is 0.0952. The number of hydrogen-bond donors (Lipinski definition) is 3. The first-order chi connectivity index (χ1) is 8.19. The van der Waals surface area contributed by atoms with Crippen molar-refractivity contribution in [3.05, 3.63) is 45.7 Å². The van der Waals surface area contributed by atoms with E-state index in [-0.39, 0.29) is 11.0 Å². The van der Waals surface area contributed by atoms with Gasteiger partial charge in [-0.3, -0.25) is 15.0 Å². The fourth-order valence-electron chi connectivity index (χ4n) is 1.86. The first kappa shape index (κ1) is 11.3. The van der Waals surface area contributed by atoms with Crippen molar-refractivity contribution in [3.8, 4) is 0 Å². The number of nitrogens with one attached hydrogen (secondary N) is 2. The number of carbonyl (C=O) groups excluding carboxylic acids is 1. The summed E-state index contributed by atoms with van der Waals surface area (Å²) in [6.07, 6.45) is 2.21.